The third kappa shape index (κ3) is 3.47. The van der Waals surface area contributed by atoms with E-state index in [4.69, 9.17) is 0 Å². The van der Waals surface area contributed by atoms with Crippen LogP contribution in [0.3, 0.4) is 0 Å². The third-order valence-corrected chi connectivity index (χ3v) is 11.9. The summed E-state index contributed by atoms with van der Waals surface area (Å²) < 4.78 is 15.4. The van der Waals surface area contributed by atoms with Crippen molar-refractivity contribution in [3.63, 3.8) is 0 Å². The van der Waals surface area contributed by atoms with Gasteiger partial charge in [-0.15, -0.1) is 34.0 Å². The highest BCUT2D eigenvalue weighted by atomic mass is 32.1. The molecule has 0 spiro atoms. The fourth-order valence-electron chi connectivity index (χ4n) is 3.33. The lowest BCUT2D eigenvalue weighted by molar-refractivity contribution is 0.593. The molecule has 0 bridgehead atoms. The van der Waals surface area contributed by atoms with Crippen LogP contribution in [0.15, 0.2) is 102 Å². The quantitative estimate of drug-likeness (QED) is 0.269. The molecule has 1 nitrogen and oxygen atoms in total. The minimum Gasteiger partial charge on any atom is -0.308 e. The van der Waals surface area contributed by atoms with Gasteiger partial charge in [0.1, 0.15) is 0 Å². The largest absolute Gasteiger partial charge is 0.308 e. The Kier molecular flexibility index (Phi) is 5.11. The topological polar surface area (TPSA) is 17.1 Å². The van der Waals surface area contributed by atoms with Crippen LogP contribution in [-0.4, -0.2) is 0 Å². The summed E-state index contributed by atoms with van der Waals surface area (Å²) in [5.74, 6) is 0. The Hall–Kier alpha value is -2.23. The van der Waals surface area contributed by atoms with Crippen LogP contribution in [-0.2, 0) is 4.57 Å². The average molecular weight is 449 g/mol. The molecule has 0 atom stereocenters. The number of benzene rings is 2. The number of hydrogen-bond donors (Lipinski definition) is 0. The fraction of sp³-hybridized carbons (Fsp3) is 0. The van der Waals surface area contributed by atoms with E-state index in [1.54, 1.807) is 34.0 Å². The zero-order valence-corrected chi connectivity index (χ0v) is 18.7. The maximum atomic E-state index is 14.5. The van der Waals surface area contributed by atoms with Gasteiger partial charge < -0.3 is 4.57 Å². The molecule has 0 amide bonds. The third-order valence-electron chi connectivity index (χ3n) is 4.75. The van der Waals surface area contributed by atoms with E-state index in [0.29, 0.717) is 0 Å². The van der Waals surface area contributed by atoms with Crippen LogP contribution in [0.25, 0.3) is 19.5 Å². The minimum absolute atomic E-state index is 0.880. The summed E-state index contributed by atoms with van der Waals surface area (Å²) in [4.78, 5) is 4.95. The molecule has 5 heteroatoms. The summed E-state index contributed by atoms with van der Waals surface area (Å²) in [7, 11) is -2.89. The summed E-state index contributed by atoms with van der Waals surface area (Å²) in [6.45, 7) is 0. The van der Waals surface area contributed by atoms with Crippen molar-refractivity contribution in [2.24, 2.45) is 0 Å². The number of thiophene rings is 3. The molecule has 29 heavy (non-hydrogen) atoms. The maximum absolute atomic E-state index is 14.5. The van der Waals surface area contributed by atoms with Gasteiger partial charge in [-0.25, -0.2) is 0 Å². The molecule has 0 aliphatic rings. The Balaban J connectivity index is 1.59. The van der Waals surface area contributed by atoms with Gasteiger partial charge in [0.15, 0.2) is 7.14 Å². The first-order valence-corrected chi connectivity index (χ1v) is 13.4. The molecule has 2 aromatic carbocycles. The number of hydrogen-bond acceptors (Lipinski definition) is 4. The molecule has 0 radical (unpaired) electrons. The van der Waals surface area contributed by atoms with Gasteiger partial charge in [0.05, 0.1) is 4.62 Å². The highest BCUT2D eigenvalue weighted by Gasteiger charge is 2.31. The van der Waals surface area contributed by atoms with Crippen molar-refractivity contribution in [2.45, 2.75) is 0 Å². The molecule has 0 N–H and O–H groups in total. The van der Waals surface area contributed by atoms with E-state index < -0.39 is 7.14 Å². The molecule has 142 valence electrons. The summed E-state index contributed by atoms with van der Waals surface area (Å²) in [6.07, 6.45) is 0. The summed E-state index contributed by atoms with van der Waals surface area (Å²) in [5, 5.41) is 3.86. The zero-order chi connectivity index (χ0) is 19.7. The summed E-state index contributed by atoms with van der Waals surface area (Å²) >= 11 is 5.19. The van der Waals surface area contributed by atoms with Gasteiger partial charge in [0.2, 0.25) is 0 Å². The van der Waals surface area contributed by atoms with Crippen LogP contribution in [0.4, 0.5) is 0 Å². The standard InChI is InChI=1S/C24H17OPS3/c25-26(18-8-3-1-4-9-18,19-10-5-2-6-11-19)24-16-15-23(29-24)22-14-13-21(28-22)20-12-7-17-27-20/h1-17H. The van der Waals surface area contributed by atoms with Gasteiger partial charge in [-0.1, -0.05) is 66.7 Å². The minimum atomic E-state index is -2.89. The van der Waals surface area contributed by atoms with Gasteiger partial charge in [0.25, 0.3) is 0 Å². The zero-order valence-electron chi connectivity index (χ0n) is 15.4. The van der Waals surface area contributed by atoms with Crippen molar-refractivity contribution < 1.29 is 4.57 Å². The van der Waals surface area contributed by atoms with E-state index in [1.165, 1.54) is 19.5 Å². The van der Waals surface area contributed by atoms with Crippen LogP contribution >= 0.6 is 41.2 Å². The van der Waals surface area contributed by atoms with Crippen LogP contribution in [0.5, 0.6) is 0 Å². The van der Waals surface area contributed by atoms with Gasteiger partial charge in [-0.05, 0) is 35.7 Å². The normalized spacial score (nSPS) is 11.6. The smallest absolute Gasteiger partial charge is 0.180 e. The molecule has 5 rings (SSSR count). The maximum Gasteiger partial charge on any atom is 0.180 e. The van der Waals surface area contributed by atoms with Crippen molar-refractivity contribution in [3.8, 4) is 19.5 Å². The van der Waals surface area contributed by atoms with Crippen molar-refractivity contribution in [1.82, 2.24) is 0 Å². The molecule has 0 saturated carbocycles. The first-order chi connectivity index (χ1) is 14.2. The molecule has 0 fully saturated rings. The van der Waals surface area contributed by atoms with Crippen LogP contribution in [0, 0.1) is 0 Å². The van der Waals surface area contributed by atoms with Crippen molar-refractivity contribution in [2.75, 3.05) is 0 Å². The van der Waals surface area contributed by atoms with Crippen LogP contribution < -0.4 is 15.2 Å². The highest BCUT2D eigenvalue weighted by molar-refractivity contribution is 7.89. The van der Waals surface area contributed by atoms with Gasteiger partial charge in [0, 0.05) is 30.1 Å². The average Bonchev–Trinajstić information content (AvgIpc) is 3.55. The van der Waals surface area contributed by atoms with Crippen LogP contribution in [0.1, 0.15) is 0 Å². The van der Waals surface area contributed by atoms with Crippen LogP contribution in [0.2, 0.25) is 0 Å². The van der Waals surface area contributed by atoms with Crippen molar-refractivity contribution >= 4 is 56.4 Å². The van der Waals surface area contributed by atoms with Crippen molar-refractivity contribution in [3.05, 3.63) is 102 Å². The molecular formula is C24H17OPS3. The van der Waals surface area contributed by atoms with Crippen molar-refractivity contribution in [1.29, 1.82) is 0 Å². The summed E-state index contributed by atoms with van der Waals surface area (Å²) in [5.41, 5.74) is 0. The molecule has 3 heterocycles. The molecule has 0 saturated heterocycles. The molecule has 0 aliphatic heterocycles. The molecule has 5 aromatic rings. The van der Waals surface area contributed by atoms with E-state index >= 15 is 0 Å². The lowest BCUT2D eigenvalue weighted by Crippen LogP contribution is -2.22. The highest BCUT2D eigenvalue weighted by Crippen LogP contribution is 2.46. The Morgan fingerprint density at radius 1 is 0.517 bits per heavy atom. The van der Waals surface area contributed by atoms with E-state index in [0.717, 1.165) is 15.2 Å². The Labute approximate surface area is 182 Å². The first kappa shape index (κ1) is 18.8. The van der Waals surface area contributed by atoms with E-state index in [9.17, 15) is 4.57 Å². The van der Waals surface area contributed by atoms with E-state index in [1.807, 2.05) is 66.7 Å². The monoisotopic (exact) mass is 448 g/mol. The predicted molar refractivity (Wildman–Crippen MR) is 130 cm³/mol. The van der Waals surface area contributed by atoms with Gasteiger partial charge in [-0.2, -0.15) is 0 Å². The summed E-state index contributed by atoms with van der Waals surface area (Å²) in [6, 6.07) is 32.5. The lowest BCUT2D eigenvalue weighted by atomic mass is 10.3. The Morgan fingerprint density at radius 3 is 1.66 bits per heavy atom. The Morgan fingerprint density at radius 2 is 1.07 bits per heavy atom. The predicted octanol–water partition coefficient (Wildman–Crippen LogP) is 6.84. The first-order valence-electron chi connectivity index (χ1n) is 9.21. The Bertz CT molecular complexity index is 1220. The molecule has 0 aliphatic carbocycles. The molecular weight excluding hydrogens is 431 g/mol. The van der Waals surface area contributed by atoms with E-state index in [2.05, 4.69) is 35.7 Å². The number of rotatable bonds is 5. The van der Waals surface area contributed by atoms with E-state index in [-0.39, 0.29) is 0 Å². The second-order valence-electron chi connectivity index (χ2n) is 6.56. The second-order valence-corrected chi connectivity index (χ2v) is 12.7. The lowest BCUT2D eigenvalue weighted by Gasteiger charge is -2.17. The fourth-order valence-corrected chi connectivity index (χ4v) is 9.72. The molecule has 3 aromatic heterocycles. The molecule has 0 unspecified atom stereocenters. The SMILES string of the molecule is O=P(c1ccccc1)(c1ccccc1)c1ccc(-c2ccc(-c3cccs3)s2)s1. The second kappa shape index (κ2) is 7.89. The van der Waals surface area contributed by atoms with Gasteiger partial charge >= 0.3 is 0 Å². The van der Waals surface area contributed by atoms with Gasteiger partial charge in [-0.3, -0.25) is 0 Å².